The molecule has 0 amide bonds. The number of hydrogen-bond donors (Lipinski definition) is 1. The molecule has 1 fully saturated rings. The van der Waals surface area contributed by atoms with Gasteiger partial charge >= 0.3 is 0 Å². The third kappa shape index (κ3) is 3.91. The minimum absolute atomic E-state index is 0.143. The Morgan fingerprint density at radius 2 is 1.92 bits per heavy atom. The van der Waals surface area contributed by atoms with E-state index < -0.39 is 5.60 Å². The summed E-state index contributed by atoms with van der Waals surface area (Å²) >= 11 is 0. The summed E-state index contributed by atoms with van der Waals surface area (Å²) in [6.45, 7) is 9.25. The number of rotatable bonds is 5. The highest BCUT2D eigenvalue weighted by molar-refractivity contribution is 5.32. The summed E-state index contributed by atoms with van der Waals surface area (Å²) in [6, 6.07) is 7.76. The number of aliphatic hydroxyl groups is 1. The van der Waals surface area contributed by atoms with E-state index in [2.05, 4.69) is 22.1 Å². The summed E-state index contributed by atoms with van der Waals surface area (Å²) in [5, 5.41) is 15.0. The van der Waals surface area contributed by atoms with Gasteiger partial charge in [-0.1, -0.05) is 38.1 Å². The second kappa shape index (κ2) is 7.00. The predicted molar refractivity (Wildman–Crippen MR) is 99.0 cm³/mol. The Morgan fingerprint density at radius 1 is 1.23 bits per heavy atom. The molecule has 1 aromatic carbocycles. The standard InChI is InChI=1S/C20H29N3O3/c1-19(2,3)18-21-17(22-26-18)13-25-15-10-8-14(9-11-15)20(4,24)16-7-6-12-23(16)5/h8-11,16,24H,6-7,12-13H2,1-5H3/t16-,20?/m1/s1. The Hall–Kier alpha value is -1.92. The quantitative estimate of drug-likeness (QED) is 0.884. The smallest absolute Gasteiger partial charge is 0.232 e. The zero-order chi connectivity index (χ0) is 18.9. The summed E-state index contributed by atoms with van der Waals surface area (Å²) in [5.74, 6) is 1.84. The fourth-order valence-corrected chi connectivity index (χ4v) is 3.47. The van der Waals surface area contributed by atoms with Crippen LogP contribution in [0.1, 0.15) is 57.8 Å². The van der Waals surface area contributed by atoms with Gasteiger partial charge in [0.2, 0.25) is 11.7 Å². The number of nitrogens with zero attached hydrogens (tertiary/aromatic N) is 3. The molecule has 1 saturated heterocycles. The molecule has 0 aliphatic carbocycles. The van der Waals surface area contributed by atoms with E-state index >= 15 is 0 Å². The first kappa shape index (κ1) is 18.9. The van der Waals surface area contributed by atoms with E-state index in [1.165, 1.54) is 0 Å². The molecule has 1 N–H and O–H groups in total. The number of likely N-dealkylation sites (tertiary alicyclic amines) is 1. The van der Waals surface area contributed by atoms with Crippen LogP contribution in [0.3, 0.4) is 0 Å². The van der Waals surface area contributed by atoms with Crippen molar-refractivity contribution in [2.75, 3.05) is 13.6 Å². The average Bonchev–Trinajstić information content (AvgIpc) is 3.22. The van der Waals surface area contributed by atoms with Gasteiger partial charge in [0, 0.05) is 11.5 Å². The lowest BCUT2D eigenvalue weighted by Gasteiger charge is -2.35. The molecule has 2 heterocycles. The van der Waals surface area contributed by atoms with Gasteiger partial charge in [0.15, 0.2) is 6.61 Å². The van der Waals surface area contributed by atoms with Crippen LogP contribution in [-0.4, -0.2) is 39.8 Å². The van der Waals surface area contributed by atoms with Crippen molar-refractivity contribution in [1.82, 2.24) is 15.0 Å². The topological polar surface area (TPSA) is 71.6 Å². The zero-order valence-corrected chi connectivity index (χ0v) is 16.3. The third-order valence-electron chi connectivity index (χ3n) is 5.09. The molecule has 6 nitrogen and oxygen atoms in total. The molecule has 2 atom stereocenters. The molecule has 1 aliphatic rings. The van der Waals surface area contributed by atoms with Gasteiger partial charge in [0.1, 0.15) is 11.4 Å². The van der Waals surface area contributed by atoms with Gasteiger partial charge in [-0.3, -0.25) is 0 Å². The predicted octanol–water partition coefficient (Wildman–Crippen LogP) is 3.25. The van der Waals surface area contributed by atoms with Crippen LogP contribution >= 0.6 is 0 Å². The molecule has 6 heteroatoms. The van der Waals surface area contributed by atoms with E-state index in [4.69, 9.17) is 9.26 Å². The summed E-state index contributed by atoms with van der Waals surface area (Å²) < 4.78 is 11.0. The lowest BCUT2D eigenvalue weighted by atomic mass is 9.87. The third-order valence-corrected chi connectivity index (χ3v) is 5.09. The zero-order valence-electron chi connectivity index (χ0n) is 16.3. The van der Waals surface area contributed by atoms with Gasteiger partial charge in [-0.15, -0.1) is 0 Å². The van der Waals surface area contributed by atoms with E-state index in [9.17, 15) is 5.11 Å². The highest BCUT2D eigenvalue weighted by atomic mass is 16.5. The maximum atomic E-state index is 11.0. The number of likely N-dealkylation sites (N-methyl/N-ethyl adjacent to an activating group) is 1. The number of aromatic nitrogens is 2. The second-order valence-electron chi connectivity index (χ2n) is 8.36. The Labute approximate surface area is 155 Å². The number of benzene rings is 1. The van der Waals surface area contributed by atoms with Crippen molar-refractivity contribution in [3.05, 3.63) is 41.5 Å². The lowest BCUT2D eigenvalue weighted by Crippen LogP contribution is -2.43. The van der Waals surface area contributed by atoms with Gasteiger partial charge in [-0.05, 0) is 51.1 Å². The van der Waals surface area contributed by atoms with Gasteiger partial charge in [-0.2, -0.15) is 4.98 Å². The number of hydrogen-bond acceptors (Lipinski definition) is 6. The second-order valence-corrected chi connectivity index (χ2v) is 8.36. The van der Waals surface area contributed by atoms with Crippen molar-refractivity contribution in [2.24, 2.45) is 0 Å². The fraction of sp³-hybridized carbons (Fsp3) is 0.600. The maximum Gasteiger partial charge on any atom is 0.232 e. The van der Waals surface area contributed by atoms with Crippen LogP contribution in [0.15, 0.2) is 28.8 Å². The molecule has 0 saturated carbocycles. The molecule has 0 bridgehead atoms. The molecule has 1 unspecified atom stereocenters. The van der Waals surface area contributed by atoms with Crippen molar-refractivity contribution >= 4 is 0 Å². The van der Waals surface area contributed by atoms with Crippen LogP contribution in [0.25, 0.3) is 0 Å². The molecule has 0 spiro atoms. The van der Waals surface area contributed by atoms with Crippen LogP contribution in [0.2, 0.25) is 0 Å². The van der Waals surface area contributed by atoms with Crippen LogP contribution in [-0.2, 0) is 17.6 Å². The van der Waals surface area contributed by atoms with E-state index in [0.29, 0.717) is 17.5 Å². The first-order chi connectivity index (χ1) is 12.2. The first-order valence-corrected chi connectivity index (χ1v) is 9.17. The van der Waals surface area contributed by atoms with E-state index in [1.54, 1.807) is 0 Å². The molecular weight excluding hydrogens is 330 g/mol. The summed E-state index contributed by atoms with van der Waals surface area (Å²) in [4.78, 5) is 6.60. The molecule has 2 aromatic rings. The summed E-state index contributed by atoms with van der Waals surface area (Å²) in [7, 11) is 2.07. The Morgan fingerprint density at radius 3 is 2.46 bits per heavy atom. The normalized spacial score (nSPS) is 20.9. The van der Waals surface area contributed by atoms with Crippen LogP contribution < -0.4 is 4.74 Å². The van der Waals surface area contributed by atoms with E-state index in [0.717, 1.165) is 24.9 Å². The van der Waals surface area contributed by atoms with Gasteiger partial charge in [0.25, 0.3) is 0 Å². The highest BCUT2D eigenvalue weighted by Crippen LogP contribution is 2.34. The maximum absolute atomic E-state index is 11.0. The average molecular weight is 359 g/mol. The minimum Gasteiger partial charge on any atom is -0.485 e. The minimum atomic E-state index is -0.876. The van der Waals surface area contributed by atoms with Crippen LogP contribution in [0.5, 0.6) is 5.75 Å². The van der Waals surface area contributed by atoms with Gasteiger partial charge in [0.05, 0.1) is 0 Å². The molecule has 3 rings (SSSR count). The Kier molecular flexibility index (Phi) is 5.08. The van der Waals surface area contributed by atoms with Crippen molar-refractivity contribution in [2.45, 2.75) is 64.2 Å². The van der Waals surface area contributed by atoms with Crippen LogP contribution in [0.4, 0.5) is 0 Å². The SMILES string of the molecule is CN1CCC[C@@H]1C(C)(O)c1ccc(OCc2noc(C(C)(C)C)n2)cc1. The van der Waals surface area contributed by atoms with Crippen LogP contribution in [0, 0.1) is 0 Å². The Bertz CT molecular complexity index is 732. The van der Waals surface area contributed by atoms with E-state index in [-0.39, 0.29) is 18.1 Å². The van der Waals surface area contributed by atoms with Crippen molar-refractivity contribution in [3.63, 3.8) is 0 Å². The molecule has 1 aliphatic heterocycles. The summed E-state index contributed by atoms with van der Waals surface area (Å²) in [6.07, 6.45) is 2.13. The molecule has 0 radical (unpaired) electrons. The molecule has 26 heavy (non-hydrogen) atoms. The van der Waals surface area contributed by atoms with Crippen molar-refractivity contribution < 1.29 is 14.4 Å². The van der Waals surface area contributed by atoms with E-state index in [1.807, 2.05) is 52.0 Å². The molecule has 1 aromatic heterocycles. The van der Waals surface area contributed by atoms with Gasteiger partial charge in [-0.25, -0.2) is 0 Å². The number of ether oxygens (including phenoxy) is 1. The Balaban J connectivity index is 1.63. The lowest BCUT2D eigenvalue weighted by molar-refractivity contribution is -0.0153. The van der Waals surface area contributed by atoms with Gasteiger partial charge < -0.3 is 19.3 Å². The highest BCUT2D eigenvalue weighted by Gasteiger charge is 2.38. The monoisotopic (exact) mass is 359 g/mol. The largest absolute Gasteiger partial charge is 0.485 e. The first-order valence-electron chi connectivity index (χ1n) is 9.17. The molecular formula is C20H29N3O3. The molecule has 142 valence electrons. The van der Waals surface area contributed by atoms with Crippen molar-refractivity contribution in [3.8, 4) is 5.75 Å². The fourth-order valence-electron chi connectivity index (χ4n) is 3.47. The van der Waals surface area contributed by atoms with Crippen molar-refractivity contribution in [1.29, 1.82) is 0 Å². The summed E-state index contributed by atoms with van der Waals surface area (Å²) in [5.41, 5.74) is -0.150.